The van der Waals surface area contributed by atoms with Gasteiger partial charge in [0.25, 0.3) is 0 Å². The summed E-state index contributed by atoms with van der Waals surface area (Å²) < 4.78 is 0. The highest BCUT2D eigenvalue weighted by Gasteiger charge is 2.38. The number of aliphatic imine (C=N–C) groups is 1. The van der Waals surface area contributed by atoms with Gasteiger partial charge in [0.05, 0.1) is 13.5 Å². The minimum Gasteiger partial charge on any atom is -0.266 e. The van der Waals surface area contributed by atoms with Gasteiger partial charge in [0.2, 0.25) is 0 Å². The van der Waals surface area contributed by atoms with E-state index in [0.29, 0.717) is 0 Å². The predicted molar refractivity (Wildman–Crippen MR) is 96.5 cm³/mol. The second-order valence-corrected chi connectivity index (χ2v) is 31.2. The summed E-state index contributed by atoms with van der Waals surface area (Å²) in [6, 6.07) is 6.44. The highest BCUT2D eigenvalue weighted by molar-refractivity contribution is 7.67. The van der Waals surface area contributed by atoms with Gasteiger partial charge in [-0.2, -0.15) is 0 Å². The van der Waals surface area contributed by atoms with Crippen molar-refractivity contribution in [3.63, 3.8) is 0 Å². The Morgan fingerprint density at radius 1 is 0.895 bits per heavy atom. The van der Waals surface area contributed by atoms with Gasteiger partial charge in [0.1, 0.15) is 0 Å². The number of para-hydroxylation sites is 1. The minimum absolute atomic E-state index is 0.420. The molecule has 0 fully saturated rings. The van der Waals surface area contributed by atoms with Crippen LogP contribution >= 0.6 is 0 Å². The highest BCUT2D eigenvalue weighted by Crippen LogP contribution is 2.24. The van der Waals surface area contributed by atoms with Crippen molar-refractivity contribution in [3.8, 4) is 0 Å². The molecule has 0 saturated carbocycles. The van der Waals surface area contributed by atoms with Crippen molar-refractivity contribution in [2.75, 3.05) is 0 Å². The summed E-state index contributed by atoms with van der Waals surface area (Å²) in [5.74, 6) is 2.39. The number of hydrogen-bond donors (Lipinski definition) is 0. The topological polar surface area (TPSA) is 12.4 Å². The lowest BCUT2D eigenvalue weighted by Crippen LogP contribution is -2.60. The third kappa shape index (κ3) is 4.54. The second-order valence-electron chi connectivity index (χ2n) is 7.41. The number of nitrogens with zero attached hydrogens (tertiary/aromatic N) is 1. The summed E-state index contributed by atoms with van der Waals surface area (Å²) in [6.07, 6.45) is 0. The summed E-state index contributed by atoms with van der Waals surface area (Å²) in [4.78, 5) is 4.93. The number of hydrogen-bond acceptors (Lipinski definition) is 1. The average molecular weight is 307 g/mol. The second kappa shape index (κ2) is 5.89. The van der Waals surface area contributed by atoms with Crippen molar-refractivity contribution >= 4 is 34.5 Å². The summed E-state index contributed by atoms with van der Waals surface area (Å²) in [6.45, 7) is 19.4. The Bertz CT molecular complexity index is 433. The van der Waals surface area contributed by atoms with E-state index in [1.54, 1.807) is 0 Å². The maximum atomic E-state index is 4.93. The molecule has 0 saturated heterocycles. The molecule has 0 aliphatic rings. The van der Waals surface area contributed by atoms with Gasteiger partial charge in [0.15, 0.2) is 0 Å². The van der Waals surface area contributed by atoms with Crippen LogP contribution in [0, 0.1) is 13.8 Å². The van der Waals surface area contributed by atoms with E-state index in [9.17, 15) is 0 Å². The molecule has 105 valence electrons. The van der Waals surface area contributed by atoms with Gasteiger partial charge >= 0.3 is 0 Å². The zero-order valence-corrected chi connectivity index (χ0v) is 16.8. The van der Waals surface area contributed by atoms with Crippen LogP contribution in [0.5, 0.6) is 0 Å². The largest absolute Gasteiger partial charge is 0.266 e. The number of benzene rings is 1. The molecule has 0 atom stereocenters. The molecular weight excluding hydrogens is 278 g/mol. The van der Waals surface area contributed by atoms with Crippen molar-refractivity contribution in [1.82, 2.24) is 0 Å². The summed E-state index contributed by atoms with van der Waals surface area (Å²) >= 11 is 0. The standard InChI is InChI=1S/C15H28NSi3/c1-13-10-9-11-14(2)15(13)16-12-17(18(3,4)5)19(6,7)8/h9-12H,1-8H3. The fourth-order valence-corrected chi connectivity index (χ4v) is 35.6. The van der Waals surface area contributed by atoms with Gasteiger partial charge in [-0.3, -0.25) is 4.99 Å². The molecule has 1 aromatic rings. The first-order valence-electron chi connectivity index (χ1n) is 7.01. The van der Waals surface area contributed by atoms with Gasteiger partial charge < -0.3 is 0 Å². The normalized spacial score (nSPS) is 13.5. The van der Waals surface area contributed by atoms with Crippen molar-refractivity contribution < 1.29 is 0 Å². The smallest absolute Gasteiger partial charge is 0.0841 e. The summed E-state index contributed by atoms with van der Waals surface area (Å²) in [5, 5.41) is 0. The Labute approximate surface area is 122 Å². The number of rotatable bonds is 4. The van der Waals surface area contributed by atoms with Crippen LogP contribution < -0.4 is 0 Å². The van der Waals surface area contributed by atoms with Crippen molar-refractivity contribution in [1.29, 1.82) is 0 Å². The maximum Gasteiger partial charge on any atom is 0.0841 e. The molecule has 0 bridgehead atoms. The van der Waals surface area contributed by atoms with Gasteiger partial charge in [-0.05, 0) is 30.8 Å². The molecule has 1 aromatic carbocycles. The van der Waals surface area contributed by atoms with Crippen molar-refractivity contribution in [2.24, 2.45) is 4.99 Å². The molecule has 0 heterocycles. The monoisotopic (exact) mass is 306 g/mol. The van der Waals surface area contributed by atoms with E-state index in [2.05, 4.69) is 77.2 Å². The molecule has 0 N–H and O–H groups in total. The SMILES string of the molecule is Cc1cccc(C)c1N=C[Si]([Si](C)(C)C)[Si](C)(C)C. The van der Waals surface area contributed by atoms with E-state index < -0.39 is 23.0 Å². The van der Waals surface area contributed by atoms with Gasteiger partial charge in [-0.1, -0.05) is 57.5 Å². The lowest BCUT2D eigenvalue weighted by molar-refractivity contribution is 1.34. The predicted octanol–water partition coefficient (Wildman–Crippen LogP) is 4.87. The summed E-state index contributed by atoms with van der Waals surface area (Å²) in [7, 11) is -2.61. The molecule has 0 spiro atoms. The zero-order chi connectivity index (χ0) is 14.8. The molecule has 1 radical (unpaired) electrons. The van der Waals surface area contributed by atoms with Gasteiger partial charge in [0, 0.05) is 15.2 Å². The molecule has 0 aliphatic carbocycles. The third-order valence-electron chi connectivity index (χ3n) is 3.38. The van der Waals surface area contributed by atoms with Crippen LogP contribution in [0.2, 0.25) is 39.3 Å². The molecule has 0 amide bonds. The Kier molecular flexibility index (Phi) is 5.15. The fourth-order valence-electron chi connectivity index (χ4n) is 2.65. The Morgan fingerprint density at radius 2 is 1.32 bits per heavy atom. The van der Waals surface area contributed by atoms with Crippen molar-refractivity contribution in [2.45, 2.75) is 53.1 Å². The van der Waals surface area contributed by atoms with Crippen LogP contribution in [-0.4, -0.2) is 28.9 Å². The van der Waals surface area contributed by atoms with E-state index in [0.717, 1.165) is 0 Å². The number of aryl methyl sites for hydroxylation is 2. The molecule has 1 nitrogen and oxygen atoms in total. The quantitative estimate of drug-likeness (QED) is 0.556. The lowest BCUT2D eigenvalue weighted by Gasteiger charge is -2.33. The fraction of sp³-hybridized carbons (Fsp3) is 0.533. The molecule has 4 heteroatoms. The lowest BCUT2D eigenvalue weighted by atomic mass is 10.1. The molecule has 0 aromatic heterocycles. The molecule has 1 rings (SSSR count). The minimum atomic E-state index is -1.10. The third-order valence-corrected chi connectivity index (χ3v) is 31.0. The first kappa shape index (κ1) is 16.6. The van der Waals surface area contributed by atoms with E-state index in [-0.39, 0.29) is 0 Å². The van der Waals surface area contributed by atoms with Gasteiger partial charge in [-0.25, -0.2) is 0 Å². The van der Waals surface area contributed by atoms with Crippen LogP contribution in [0.25, 0.3) is 0 Å². The van der Waals surface area contributed by atoms with Crippen LogP contribution in [0.4, 0.5) is 5.69 Å². The molecule has 19 heavy (non-hydrogen) atoms. The first-order valence-corrected chi connectivity index (χ1v) is 17.6. The Balaban J connectivity index is 3.14. The van der Waals surface area contributed by atoms with E-state index in [4.69, 9.17) is 4.99 Å². The molecular formula is C15H28NSi3. The van der Waals surface area contributed by atoms with E-state index >= 15 is 0 Å². The molecule has 0 aliphatic heterocycles. The first-order chi connectivity index (χ1) is 8.53. The summed E-state index contributed by atoms with van der Waals surface area (Å²) in [5.41, 5.74) is 3.79. The Morgan fingerprint density at radius 3 is 1.68 bits per heavy atom. The zero-order valence-electron chi connectivity index (χ0n) is 13.8. The molecule has 0 unspecified atom stereocenters. The van der Waals surface area contributed by atoms with Crippen LogP contribution in [0.1, 0.15) is 11.1 Å². The highest BCUT2D eigenvalue weighted by atomic mass is 29.6. The van der Waals surface area contributed by atoms with Gasteiger partial charge in [-0.15, -0.1) is 0 Å². The van der Waals surface area contributed by atoms with Crippen LogP contribution in [-0.2, 0) is 0 Å². The maximum absolute atomic E-state index is 4.93. The van der Waals surface area contributed by atoms with Crippen LogP contribution in [0.3, 0.4) is 0 Å². The Hall–Kier alpha value is -0.459. The van der Waals surface area contributed by atoms with E-state index in [1.165, 1.54) is 16.8 Å². The van der Waals surface area contributed by atoms with E-state index in [1.807, 2.05) is 0 Å². The van der Waals surface area contributed by atoms with Crippen LogP contribution in [0.15, 0.2) is 23.2 Å². The average Bonchev–Trinajstić information content (AvgIpc) is 2.18. The van der Waals surface area contributed by atoms with Crippen molar-refractivity contribution in [3.05, 3.63) is 29.3 Å².